The van der Waals surface area contributed by atoms with Gasteiger partial charge in [0.2, 0.25) is 0 Å². The van der Waals surface area contributed by atoms with E-state index in [0.29, 0.717) is 17.9 Å². The zero-order valence-electron chi connectivity index (χ0n) is 12.4. The molecule has 1 N–H and O–H groups in total. The molecule has 0 spiro atoms. The van der Waals surface area contributed by atoms with Gasteiger partial charge in [0.1, 0.15) is 0 Å². The van der Waals surface area contributed by atoms with E-state index in [0.717, 1.165) is 17.8 Å². The third-order valence-corrected chi connectivity index (χ3v) is 4.25. The van der Waals surface area contributed by atoms with E-state index < -0.39 is 5.97 Å². The average Bonchev–Trinajstić information content (AvgIpc) is 2.41. The molecular weight excluding hydrogens is 250 g/mol. The highest BCUT2D eigenvalue weighted by molar-refractivity contribution is 5.87. The van der Waals surface area contributed by atoms with Crippen molar-refractivity contribution < 1.29 is 9.90 Å². The third kappa shape index (κ3) is 3.21. The number of para-hydroxylation sites is 1. The maximum absolute atomic E-state index is 10.7. The van der Waals surface area contributed by atoms with Crippen LogP contribution in [-0.4, -0.2) is 23.7 Å². The van der Waals surface area contributed by atoms with Gasteiger partial charge in [-0.25, -0.2) is 4.79 Å². The summed E-state index contributed by atoms with van der Waals surface area (Å²) in [5.41, 5.74) is 2.11. The number of aliphatic carboxylic acids is 1. The van der Waals surface area contributed by atoms with Gasteiger partial charge < -0.3 is 10.0 Å². The predicted molar refractivity (Wildman–Crippen MR) is 82.9 cm³/mol. The molecule has 3 unspecified atom stereocenters. The second kappa shape index (κ2) is 6.12. The SMILES string of the molecule is CC1CC(C)C(C)N(c2ccccc2/C=C/C(=O)O)C1. The van der Waals surface area contributed by atoms with Crippen molar-refractivity contribution in [2.75, 3.05) is 11.4 Å². The second-order valence-corrected chi connectivity index (χ2v) is 5.94. The highest BCUT2D eigenvalue weighted by Crippen LogP contribution is 2.33. The van der Waals surface area contributed by atoms with Gasteiger partial charge in [-0.15, -0.1) is 0 Å². The molecule has 20 heavy (non-hydrogen) atoms. The average molecular weight is 273 g/mol. The normalized spacial score (nSPS) is 26.9. The Labute approximate surface area is 120 Å². The molecule has 3 heteroatoms. The minimum absolute atomic E-state index is 0.477. The molecule has 1 heterocycles. The second-order valence-electron chi connectivity index (χ2n) is 5.94. The number of carboxylic acid groups (broad SMARTS) is 1. The van der Waals surface area contributed by atoms with Crippen LogP contribution in [-0.2, 0) is 4.79 Å². The molecule has 3 nitrogen and oxygen atoms in total. The Kier molecular flexibility index (Phi) is 4.48. The van der Waals surface area contributed by atoms with Gasteiger partial charge in [0, 0.05) is 24.4 Å². The van der Waals surface area contributed by atoms with Gasteiger partial charge in [-0.05, 0) is 42.9 Å². The van der Waals surface area contributed by atoms with Gasteiger partial charge in [0.15, 0.2) is 0 Å². The molecule has 108 valence electrons. The number of anilines is 1. The van der Waals surface area contributed by atoms with Crippen molar-refractivity contribution in [3.8, 4) is 0 Å². The molecule has 2 rings (SSSR count). The van der Waals surface area contributed by atoms with E-state index in [9.17, 15) is 4.79 Å². The highest BCUT2D eigenvalue weighted by Gasteiger charge is 2.29. The van der Waals surface area contributed by atoms with Crippen LogP contribution in [0, 0.1) is 11.8 Å². The predicted octanol–water partition coefficient (Wildman–Crippen LogP) is 3.66. The van der Waals surface area contributed by atoms with E-state index in [2.05, 4.69) is 31.7 Å². The van der Waals surface area contributed by atoms with Crippen LogP contribution < -0.4 is 4.90 Å². The first-order chi connectivity index (χ1) is 9.49. The van der Waals surface area contributed by atoms with E-state index in [-0.39, 0.29) is 0 Å². The molecule has 3 atom stereocenters. The number of carboxylic acids is 1. The topological polar surface area (TPSA) is 40.5 Å². The summed E-state index contributed by atoms with van der Waals surface area (Å²) in [6.07, 6.45) is 4.15. The summed E-state index contributed by atoms with van der Waals surface area (Å²) in [5, 5.41) is 8.81. The molecule has 0 bridgehead atoms. The fourth-order valence-electron chi connectivity index (χ4n) is 3.08. The van der Waals surface area contributed by atoms with Crippen LogP contribution in [0.4, 0.5) is 5.69 Å². The molecule has 1 aromatic carbocycles. The van der Waals surface area contributed by atoms with Crippen molar-refractivity contribution in [2.24, 2.45) is 11.8 Å². The van der Waals surface area contributed by atoms with Gasteiger partial charge >= 0.3 is 5.97 Å². The molecule has 0 saturated carbocycles. The van der Waals surface area contributed by atoms with Gasteiger partial charge in [0.25, 0.3) is 0 Å². The summed E-state index contributed by atoms with van der Waals surface area (Å²) in [6, 6.07) is 8.51. The summed E-state index contributed by atoms with van der Waals surface area (Å²) in [4.78, 5) is 13.1. The molecule has 1 aliphatic heterocycles. The summed E-state index contributed by atoms with van der Waals surface area (Å²) in [5.74, 6) is 0.404. The van der Waals surface area contributed by atoms with Crippen LogP contribution in [0.1, 0.15) is 32.8 Å². The van der Waals surface area contributed by atoms with Crippen molar-refractivity contribution in [1.29, 1.82) is 0 Å². The smallest absolute Gasteiger partial charge is 0.328 e. The van der Waals surface area contributed by atoms with Gasteiger partial charge in [0.05, 0.1) is 0 Å². The lowest BCUT2D eigenvalue weighted by molar-refractivity contribution is -0.131. The quantitative estimate of drug-likeness (QED) is 0.854. The molecule has 0 aromatic heterocycles. The van der Waals surface area contributed by atoms with Crippen LogP contribution in [0.3, 0.4) is 0 Å². The minimum Gasteiger partial charge on any atom is -0.478 e. The van der Waals surface area contributed by atoms with E-state index >= 15 is 0 Å². The number of rotatable bonds is 3. The molecule has 1 aromatic rings. The Hall–Kier alpha value is -1.77. The van der Waals surface area contributed by atoms with E-state index in [4.69, 9.17) is 5.11 Å². The Morgan fingerprint density at radius 1 is 1.30 bits per heavy atom. The molecule has 1 fully saturated rings. The largest absolute Gasteiger partial charge is 0.478 e. The van der Waals surface area contributed by atoms with Crippen molar-refractivity contribution in [1.82, 2.24) is 0 Å². The molecule has 1 saturated heterocycles. The first-order valence-electron chi connectivity index (χ1n) is 7.25. The summed E-state index contributed by atoms with van der Waals surface area (Å²) in [6.45, 7) is 7.87. The summed E-state index contributed by atoms with van der Waals surface area (Å²) < 4.78 is 0. The van der Waals surface area contributed by atoms with Gasteiger partial charge in [-0.1, -0.05) is 32.0 Å². The van der Waals surface area contributed by atoms with E-state index in [1.807, 2.05) is 18.2 Å². The molecule has 1 aliphatic rings. The highest BCUT2D eigenvalue weighted by atomic mass is 16.4. The number of hydrogen-bond acceptors (Lipinski definition) is 2. The molecular formula is C17H23NO2. The fraction of sp³-hybridized carbons (Fsp3) is 0.471. The van der Waals surface area contributed by atoms with Crippen LogP contribution in [0.25, 0.3) is 6.08 Å². The standard InChI is InChI=1S/C17H23NO2/c1-12-10-13(2)14(3)18(11-12)16-7-5-4-6-15(16)8-9-17(19)20/h4-9,12-14H,10-11H2,1-3H3,(H,19,20)/b9-8+. The third-order valence-electron chi connectivity index (χ3n) is 4.25. The number of nitrogens with zero attached hydrogens (tertiary/aromatic N) is 1. The number of benzene rings is 1. The molecule has 0 amide bonds. The van der Waals surface area contributed by atoms with E-state index in [1.165, 1.54) is 12.5 Å². The van der Waals surface area contributed by atoms with Crippen LogP contribution >= 0.6 is 0 Å². The van der Waals surface area contributed by atoms with Crippen molar-refractivity contribution in [3.05, 3.63) is 35.9 Å². The van der Waals surface area contributed by atoms with Crippen molar-refractivity contribution in [2.45, 2.75) is 33.2 Å². The maximum atomic E-state index is 10.7. The first kappa shape index (κ1) is 14.6. The Morgan fingerprint density at radius 3 is 2.70 bits per heavy atom. The Morgan fingerprint density at radius 2 is 2.00 bits per heavy atom. The lowest BCUT2D eigenvalue weighted by atomic mass is 9.85. The van der Waals surface area contributed by atoms with Crippen molar-refractivity contribution in [3.63, 3.8) is 0 Å². The number of hydrogen-bond donors (Lipinski definition) is 1. The number of carbonyl (C=O) groups is 1. The van der Waals surface area contributed by atoms with Crippen LogP contribution in [0.5, 0.6) is 0 Å². The maximum Gasteiger partial charge on any atom is 0.328 e. The van der Waals surface area contributed by atoms with Gasteiger partial charge in [-0.2, -0.15) is 0 Å². The lowest BCUT2D eigenvalue weighted by Gasteiger charge is -2.43. The van der Waals surface area contributed by atoms with E-state index in [1.54, 1.807) is 6.08 Å². The number of piperidine rings is 1. The summed E-state index contributed by atoms with van der Waals surface area (Å²) in [7, 11) is 0. The first-order valence-corrected chi connectivity index (χ1v) is 7.25. The zero-order valence-corrected chi connectivity index (χ0v) is 12.4. The van der Waals surface area contributed by atoms with Crippen molar-refractivity contribution >= 4 is 17.7 Å². The Bertz CT molecular complexity index is 509. The van der Waals surface area contributed by atoms with Crippen LogP contribution in [0.2, 0.25) is 0 Å². The minimum atomic E-state index is -0.909. The Balaban J connectivity index is 2.33. The summed E-state index contributed by atoms with van der Waals surface area (Å²) >= 11 is 0. The fourth-order valence-corrected chi connectivity index (χ4v) is 3.08. The molecule has 0 aliphatic carbocycles. The zero-order chi connectivity index (χ0) is 14.7. The lowest BCUT2D eigenvalue weighted by Crippen LogP contribution is -2.46. The van der Waals surface area contributed by atoms with Gasteiger partial charge in [-0.3, -0.25) is 0 Å². The monoisotopic (exact) mass is 273 g/mol. The van der Waals surface area contributed by atoms with Crippen LogP contribution in [0.15, 0.2) is 30.3 Å². The molecule has 0 radical (unpaired) electrons.